The molecule has 0 fully saturated rings. The summed E-state index contributed by atoms with van der Waals surface area (Å²) in [6.07, 6.45) is 0.840. The van der Waals surface area contributed by atoms with Crippen molar-refractivity contribution in [2.45, 2.75) is 33.4 Å². The minimum absolute atomic E-state index is 0.445. The van der Waals surface area contributed by atoms with E-state index in [0.29, 0.717) is 12.5 Å². The van der Waals surface area contributed by atoms with Crippen molar-refractivity contribution in [3.8, 4) is 0 Å². The van der Waals surface area contributed by atoms with E-state index in [2.05, 4.69) is 36.3 Å². The van der Waals surface area contributed by atoms with E-state index < -0.39 is 0 Å². The molecule has 2 rings (SSSR count). The number of benzene rings is 1. The average Bonchev–Trinajstić information content (AvgIpc) is 2.72. The summed E-state index contributed by atoms with van der Waals surface area (Å²) in [4.78, 5) is 0. The van der Waals surface area contributed by atoms with Crippen LogP contribution in [0.4, 0.5) is 0 Å². The molecule has 18 heavy (non-hydrogen) atoms. The van der Waals surface area contributed by atoms with E-state index >= 15 is 0 Å². The topological polar surface area (TPSA) is 56.7 Å². The minimum Gasteiger partial charge on any atom is -0.325 e. The zero-order valence-electron chi connectivity index (χ0n) is 11.0. The summed E-state index contributed by atoms with van der Waals surface area (Å²) in [7, 11) is 0. The van der Waals surface area contributed by atoms with E-state index in [4.69, 9.17) is 5.73 Å². The SMILES string of the molecule is CC(C)Cn1nnc(CN)c1Cc1ccccc1. The minimum atomic E-state index is 0.445. The Kier molecular flexibility index (Phi) is 4.10. The molecule has 0 bridgehead atoms. The van der Waals surface area contributed by atoms with E-state index in [1.807, 2.05) is 22.9 Å². The fourth-order valence-electron chi connectivity index (χ4n) is 2.00. The van der Waals surface area contributed by atoms with Crippen LogP contribution in [0.5, 0.6) is 0 Å². The molecule has 0 aliphatic rings. The van der Waals surface area contributed by atoms with Gasteiger partial charge in [-0.2, -0.15) is 0 Å². The van der Waals surface area contributed by atoms with Crippen LogP contribution in [0.3, 0.4) is 0 Å². The van der Waals surface area contributed by atoms with Crippen LogP contribution in [0.25, 0.3) is 0 Å². The van der Waals surface area contributed by atoms with Gasteiger partial charge in [-0.15, -0.1) is 5.10 Å². The van der Waals surface area contributed by atoms with Crippen molar-refractivity contribution in [2.75, 3.05) is 0 Å². The highest BCUT2D eigenvalue weighted by atomic mass is 15.4. The molecule has 0 spiro atoms. The van der Waals surface area contributed by atoms with Crippen LogP contribution in [-0.4, -0.2) is 15.0 Å². The first-order valence-corrected chi connectivity index (χ1v) is 6.36. The maximum absolute atomic E-state index is 5.73. The standard InChI is InChI=1S/C14H20N4/c1-11(2)10-18-14(13(9-15)16-17-18)8-12-6-4-3-5-7-12/h3-7,11H,8-10,15H2,1-2H3. The van der Waals surface area contributed by atoms with Crippen LogP contribution in [0.15, 0.2) is 30.3 Å². The second-order valence-electron chi connectivity index (χ2n) is 4.93. The normalized spacial score (nSPS) is 11.1. The lowest BCUT2D eigenvalue weighted by Crippen LogP contribution is -2.12. The molecular weight excluding hydrogens is 224 g/mol. The molecular formula is C14H20N4. The molecule has 0 aliphatic heterocycles. The molecule has 0 saturated heterocycles. The maximum Gasteiger partial charge on any atom is 0.0998 e. The molecule has 0 amide bonds. The van der Waals surface area contributed by atoms with Crippen molar-refractivity contribution >= 4 is 0 Å². The highest BCUT2D eigenvalue weighted by molar-refractivity contribution is 5.23. The lowest BCUT2D eigenvalue weighted by molar-refractivity contribution is 0.461. The molecule has 0 aliphatic carbocycles. The largest absolute Gasteiger partial charge is 0.325 e. The van der Waals surface area contributed by atoms with Gasteiger partial charge in [0.05, 0.1) is 11.4 Å². The Balaban J connectivity index is 2.27. The quantitative estimate of drug-likeness (QED) is 0.875. The van der Waals surface area contributed by atoms with Gasteiger partial charge in [-0.05, 0) is 11.5 Å². The first-order chi connectivity index (χ1) is 8.70. The van der Waals surface area contributed by atoms with Crippen molar-refractivity contribution in [1.29, 1.82) is 0 Å². The van der Waals surface area contributed by atoms with Crippen LogP contribution < -0.4 is 5.73 Å². The molecule has 2 aromatic rings. The second kappa shape index (κ2) is 5.78. The maximum atomic E-state index is 5.73. The van der Waals surface area contributed by atoms with Gasteiger partial charge in [0.2, 0.25) is 0 Å². The molecule has 0 unspecified atom stereocenters. The molecule has 0 radical (unpaired) electrons. The summed E-state index contributed by atoms with van der Waals surface area (Å²) in [6, 6.07) is 10.4. The average molecular weight is 244 g/mol. The Morgan fingerprint density at radius 3 is 2.56 bits per heavy atom. The predicted molar refractivity (Wildman–Crippen MR) is 72.0 cm³/mol. The molecule has 0 saturated carbocycles. The second-order valence-corrected chi connectivity index (χ2v) is 4.93. The molecule has 1 aromatic heterocycles. The third kappa shape index (κ3) is 2.96. The third-order valence-corrected chi connectivity index (χ3v) is 2.86. The Hall–Kier alpha value is -1.68. The zero-order valence-corrected chi connectivity index (χ0v) is 11.0. The van der Waals surface area contributed by atoms with Crippen LogP contribution in [-0.2, 0) is 19.5 Å². The number of aromatic nitrogens is 3. The first-order valence-electron chi connectivity index (χ1n) is 6.36. The molecule has 96 valence electrons. The number of nitrogens with two attached hydrogens (primary N) is 1. The molecule has 0 atom stereocenters. The smallest absolute Gasteiger partial charge is 0.0998 e. The van der Waals surface area contributed by atoms with Gasteiger partial charge < -0.3 is 5.73 Å². The van der Waals surface area contributed by atoms with E-state index in [1.54, 1.807) is 0 Å². The van der Waals surface area contributed by atoms with Gasteiger partial charge in [0.1, 0.15) is 0 Å². The summed E-state index contributed by atoms with van der Waals surface area (Å²) in [5, 5.41) is 8.38. The van der Waals surface area contributed by atoms with Gasteiger partial charge in [0.25, 0.3) is 0 Å². The summed E-state index contributed by atoms with van der Waals surface area (Å²) >= 11 is 0. The van der Waals surface area contributed by atoms with Gasteiger partial charge in [-0.25, -0.2) is 4.68 Å². The fourth-order valence-corrected chi connectivity index (χ4v) is 2.00. The molecule has 4 nitrogen and oxygen atoms in total. The van der Waals surface area contributed by atoms with Gasteiger partial charge in [-0.3, -0.25) is 0 Å². The monoisotopic (exact) mass is 244 g/mol. The molecule has 4 heteroatoms. The van der Waals surface area contributed by atoms with Gasteiger partial charge in [0, 0.05) is 19.5 Å². The Labute approximate surface area is 108 Å². The van der Waals surface area contributed by atoms with Crippen LogP contribution in [0.1, 0.15) is 30.8 Å². The Morgan fingerprint density at radius 2 is 1.94 bits per heavy atom. The molecule has 2 N–H and O–H groups in total. The lowest BCUT2D eigenvalue weighted by Gasteiger charge is -2.10. The van der Waals surface area contributed by atoms with Gasteiger partial charge in [-0.1, -0.05) is 49.4 Å². The number of nitrogens with zero attached hydrogens (tertiary/aromatic N) is 3. The van der Waals surface area contributed by atoms with Crippen molar-refractivity contribution in [1.82, 2.24) is 15.0 Å². The van der Waals surface area contributed by atoms with E-state index in [0.717, 1.165) is 24.4 Å². The lowest BCUT2D eigenvalue weighted by atomic mass is 10.1. The fraction of sp³-hybridized carbons (Fsp3) is 0.429. The third-order valence-electron chi connectivity index (χ3n) is 2.86. The predicted octanol–water partition coefficient (Wildman–Crippen LogP) is 1.98. The Morgan fingerprint density at radius 1 is 1.22 bits per heavy atom. The number of rotatable bonds is 5. The van der Waals surface area contributed by atoms with Crippen molar-refractivity contribution in [3.05, 3.63) is 47.3 Å². The molecule has 1 aromatic carbocycles. The summed E-state index contributed by atoms with van der Waals surface area (Å²) in [5.41, 5.74) is 9.03. The van der Waals surface area contributed by atoms with E-state index in [1.165, 1.54) is 5.56 Å². The van der Waals surface area contributed by atoms with E-state index in [-0.39, 0.29) is 0 Å². The van der Waals surface area contributed by atoms with Crippen molar-refractivity contribution < 1.29 is 0 Å². The molecule has 1 heterocycles. The summed E-state index contributed by atoms with van der Waals surface area (Å²) in [6.45, 7) is 5.68. The summed E-state index contributed by atoms with van der Waals surface area (Å²) < 4.78 is 1.99. The van der Waals surface area contributed by atoms with Crippen LogP contribution in [0.2, 0.25) is 0 Å². The van der Waals surface area contributed by atoms with Crippen LogP contribution >= 0.6 is 0 Å². The Bertz CT molecular complexity index is 488. The van der Waals surface area contributed by atoms with Gasteiger partial charge in [0.15, 0.2) is 0 Å². The van der Waals surface area contributed by atoms with E-state index in [9.17, 15) is 0 Å². The summed E-state index contributed by atoms with van der Waals surface area (Å²) in [5.74, 6) is 0.548. The number of hydrogen-bond acceptors (Lipinski definition) is 3. The zero-order chi connectivity index (χ0) is 13.0. The van der Waals surface area contributed by atoms with Gasteiger partial charge >= 0.3 is 0 Å². The number of hydrogen-bond donors (Lipinski definition) is 1. The first kappa shape index (κ1) is 12.8. The highest BCUT2D eigenvalue weighted by Gasteiger charge is 2.12. The van der Waals surface area contributed by atoms with Crippen molar-refractivity contribution in [3.63, 3.8) is 0 Å². The van der Waals surface area contributed by atoms with Crippen molar-refractivity contribution in [2.24, 2.45) is 11.7 Å². The van der Waals surface area contributed by atoms with Crippen LogP contribution in [0, 0.1) is 5.92 Å². The highest BCUT2D eigenvalue weighted by Crippen LogP contribution is 2.13.